The van der Waals surface area contributed by atoms with Crippen molar-refractivity contribution in [2.45, 2.75) is 116 Å². The molecule has 0 aliphatic rings. The standard InChI is InChI=1S/C26H42/c1-3-5-6-7-8-9-10-11-12-13-14-15-16-17-18-19-20-26-23-21-25(4-2)22-24-26/h2,21-24H,3,5-20H2,1H3. The first kappa shape index (κ1) is 22.8. The van der Waals surface area contributed by atoms with Gasteiger partial charge in [0.2, 0.25) is 0 Å². The fourth-order valence-electron chi connectivity index (χ4n) is 3.64. The van der Waals surface area contributed by atoms with Crippen LogP contribution in [0.2, 0.25) is 0 Å². The summed E-state index contributed by atoms with van der Waals surface area (Å²) in [5.74, 6) is 2.68. The van der Waals surface area contributed by atoms with Crippen LogP contribution in [0.15, 0.2) is 24.3 Å². The number of hydrogen-bond donors (Lipinski definition) is 0. The number of terminal acetylenes is 1. The lowest BCUT2D eigenvalue weighted by Crippen LogP contribution is -1.87. The normalized spacial score (nSPS) is 10.8. The van der Waals surface area contributed by atoms with Gasteiger partial charge in [-0.1, -0.05) is 121 Å². The maximum atomic E-state index is 5.39. The second-order valence-corrected chi connectivity index (χ2v) is 7.89. The summed E-state index contributed by atoms with van der Waals surface area (Å²) >= 11 is 0. The zero-order chi connectivity index (χ0) is 18.7. The van der Waals surface area contributed by atoms with Crippen molar-refractivity contribution in [2.24, 2.45) is 0 Å². The van der Waals surface area contributed by atoms with Gasteiger partial charge in [-0.25, -0.2) is 0 Å². The van der Waals surface area contributed by atoms with E-state index in [4.69, 9.17) is 6.42 Å². The third-order valence-electron chi connectivity index (χ3n) is 5.44. The lowest BCUT2D eigenvalue weighted by Gasteiger charge is -2.04. The molecule has 0 N–H and O–H groups in total. The fourth-order valence-corrected chi connectivity index (χ4v) is 3.64. The lowest BCUT2D eigenvalue weighted by molar-refractivity contribution is 0.529. The molecule has 146 valence electrons. The summed E-state index contributed by atoms with van der Waals surface area (Å²) in [6, 6.07) is 8.48. The molecule has 1 aromatic carbocycles. The molecular formula is C26H42. The second-order valence-electron chi connectivity index (χ2n) is 7.89. The fraction of sp³-hybridized carbons (Fsp3) is 0.692. The highest BCUT2D eigenvalue weighted by Gasteiger charge is 1.96. The zero-order valence-electron chi connectivity index (χ0n) is 17.4. The second kappa shape index (κ2) is 17.2. The topological polar surface area (TPSA) is 0 Å². The molecule has 26 heavy (non-hydrogen) atoms. The molecule has 0 unspecified atom stereocenters. The van der Waals surface area contributed by atoms with E-state index < -0.39 is 0 Å². The van der Waals surface area contributed by atoms with E-state index in [1.165, 1.54) is 115 Å². The van der Waals surface area contributed by atoms with E-state index in [-0.39, 0.29) is 0 Å². The highest BCUT2D eigenvalue weighted by molar-refractivity contribution is 5.34. The summed E-state index contributed by atoms with van der Waals surface area (Å²) in [5, 5.41) is 0. The van der Waals surface area contributed by atoms with Crippen molar-refractivity contribution in [3.05, 3.63) is 35.4 Å². The molecule has 0 heterocycles. The zero-order valence-corrected chi connectivity index (χ0v) is 17.4. The Labute approximate surface area is 164 Å². The smallest absolute Gasteiger partial charge is 0.0242 e. The first-order chi connectivity index (χ1) is 12.9. The molecule has 0 bridgehead atoms. The number of aryl methyl sites for hydroxylation is 1. The molecule has 0 aliphatic carbocycles. The van der Waals surface area contributed by atoms with Gasteiger partial charge in [0.25, 0.3) is 0 Å². The van der Waals surface area contributed by atoms with E-state index in [1.54, 1.807) is 0 Å². The van der Waals surface area contributed by atoms with Crippen LogP contribution >= 0.6 is 0 Å². The minimum absolute atomic E-state index is 0.987. The molecule has 0 saturated carbocycles. The Balaban J connectivity index is 1.77. The van der Waals surface area contributed by atoms with Crippen molar-refractivity contribution in [2.75, 3.05) is 0 Å². The van der Waals surface area contributed by atoms with Gasteiger partial charge in [-0.15, -0.1) is 6.42 Å². The number of unbranched alkanes of at least 4 members (excludes halogenated alkanes) is 15. The number of rotatable bonds is 17. The molecular weight excluding hydrogens is 312 g/mol. The molecule has 0 heteroatoms. The molecule has 0 fully saturated rings. The Kier molecular flexibility index (Phi) is 15.1. The Morgan fingerprint density at radius 3 is 1.35 bits per heavy atom. The van der Waals surface area contributed by atoms with Crippen LogP contribution in [0.4, 0.5) is 0 Å². The third-order valence-corrected chi connectivity index (χ3v) is 5.44. The van der Waals surface area contributed by atoms with Gasteiger partial charge in [-0.3, -0.25) is 0 Å². The first-order valence-electron chi connectivity index (χ1n) is 11.4. The maximum Gasteiger partial charge on any atom is 0.0242 e. The first-order valence-corrected chi connectivity index (χ1v) is 11.4. The molecule has 1 aromatic rings. The van der Waals surface area contributed by atoms with Crippen molar-refractivity contribution in [3.63, 3.8) is 0 Å². The predicted molar refractivity (Wildman–Crippen MR) is 118 cm³/mol. The van der Waals surface area contributed by atoms with E-state index in [0.717, 1.165) is 5.56 Å². The summed E-state index contributed by atoms with van der Waals surface area (Å²) in [6.45, 7) is 2.29. The summed E-state index contributed by atoms with van der Waals surface area (Å²) in [7, 11) is 0. The molecule has 1 rings (SSSR count). The molecule has 0 spiro atoms. The SMILES string of the molecule is C#Cc1ccc(CCCCCCCCCCCCCCCCCC)cc1. The van der Waals surface area contributed by atoms with Gasteiger partial charge < -0.3 is 0 Å². The van der Waals surface area contributed by atoms with Gasteiger partial charge in [0.05, 0.1) is 0 Å². The molecule has 0 atom stereocenters. The lowest BCUT2D eigenvalue weighted by atomic mass is 10.0. The van der Waals surface area contributed by atoms with Crippen molar-refractivity contribution >= 4 is 0 Å². The quantitative estimate of drug-likeness (QED) is 0.194. The number of benzene rings is 1. The molecule has 0 radical (unpaired) electrons. The van der Waals surface area contributed by atoms with Gasteiger partial charge in [0.15, 0.2) is 0 Å². The predicted octanol–water partition coefficient (Wildman–Crippen LogP) is 8.47. The van der Waals surface area contributed by atoms with E-state index in [1.807, 2.05) is 0 Å². The van der Waals surface area contributed by atoms with Crippen LogP contribution < -0.4 is 0 Å². The van der Waals surface area contributed by atoms with Crippen LogP contribution in [-0.2, 0) is 6.42 Å². The van der Waals surface area contributed by atoms with Crippen LogP contribution in [0.1, 0.15) is 121 Å². The number of hydrogen-bond acceptors (Lipinski definition) is 0. The van der Waals surface area contributed by atoms with Crippen molar-refractivity contribution in [1.82, 2.24) is 0 Å². The molecule has 0 amide bonds. The average Bonchev–Trinajstić information content (AvgIpc) is 2.68. The Morgan fingerprint density at radius 2 is 0.962 bits per heavy atom. The highest BCUT2D eigenvalue weighted by Crippen LogP contribution is 2.14. The van der Waals surface area contributed by atoms with E-state index in [9.17, 15) is 0 Å². The van der Waals surface area contributed by atoms with Gasteiger partial charge in [0, 0.05) is 5.56 Å². The molecule has 0 nitrogen and oxygen atoms in total. The maximum absolute atomic E-state index is 5.39. The van der Waals surface area contributed by atoms with Crippen LogP contribution in [0.25, 0.3) is 0 Å². The minimum atomic E-state index is 0.987. The van der Waals surface area contributed by atoms with E-state index in [2.05, 4.69) is 37.1 Å². The van der Waals surface area contributed by atoms with Crippen molar-refractivity contribution in [3.8, 4) is 12.3 Å². The Morgan fingerprint density at radius 1 is 0.577 bits per heavy atom. The summed E-state index contributed by atoms with van der Waals surface area (Å²) in [6.07, 6.45) is 29.5. The Bertz CT molecular complexity index is 448. The van der Waals surface area contributed by atoms with Gasteiger partial charge >= 0.3 is 0 Å². The van der Waals surface area contributed by atoms with E-state index >= 15 is 0 Å². The largest absolute Gasteiger partial charge is 0.115 e. The molecule has 0 aromatic heterocycles. The highest BCUT2D eigenvalue weighted by atomic mass is 14.0. The van der Waals surface area contributed by atoms with E-state index in [0.29, 0.717) is 0 Å². The average molecular weight is 355 g/mol. The summed E-state index contributed by atoms with van der Waals surface area (Å²) < 4.78 is 0. The van der Waals surface area contributed by atoms with Gasteiger partial charge in [0.1, 0.15) is 0 Å². The van der Waals surface area contributed by atoms with Crippen LogP contribution in [-0.4, -0.2) is 0 Å². The Hall–Kier alpha value is -1.22. The van der Waals surface area contributed by atoms with Crippen molar-refractivity contribution in [1.29, 1.82) is 0 Å². The summed E-state index contributed by atoms with van der Waals surface area (Å²) in [4.78, 5) is 0. The van der Waals surface area contributed by atoms with Gasteiger partial charge in [-0.05, 0) is 30.5 Å². The molecule has 0 saturated heterocycles. The van der Waals surface area contributed by atoms with Crippen molar-refractivity contribution < 1.29 is 0 Å². The summed E-state index contributed by atoms with van der Waals surface area (Å²) in [5.41, 5.74) is 2.41. The minimum Gasteiger partial charge on any atom is -0.115 e. The van der Waals surface area contributed by atoms with Gasteiger partial charge in [-0.2, -0.15) is 0 Å². The monoisotopic (exact) mass is 354 g/mol. The third kappa shape index (κ3) is 13.0. The van der Waals surface area contributed by atoms with Crippen LogP contribution in [0, 0.1) is 12.3 Å². The molecule has 0 aliphatic heterocycles. The van der Waals surface area contributed by atoms with Crippen LogP contribution in [0.5, 0.6) is 0 Å². The van der Waals surface area contributed by atoms with Crippen LogP contribution in [0.3, 0.4) is 0 Å².